The van der Waals surface area contributed by atoms with Crippen LogP contribution >= 0.6 is 11.6 Å². The summed E-state index contributed by atoms with van der Waals surface area (Å²) in [6.45, 7) is 2.64. The minimum absolute atomic E-state index is 0.150. The van der Waals surface area contributed by atoms with E-state index in [0.717, 1.165) is 16.5 Å². The molecular formula is C10H10ClNO. The molecule has 0 N–H and O–H groups in total. The largest absolute Gasteiger partial charge is 0.479 e. The van der Waals surface area contributed by atoms with E-state index < -0.39 is 0 Å². The van der Waals surface area contributed by atoms with Crippen LogP contribution in [0.5, 0.6) is 0 Å². The first-order valence-corrected chi connectivity index (χ1v) is 4.65. The van der Waals surface area contributed by atoms with Crippen LogP contribution in [0.2, 0.25) is 5.02 Å². The Labute approximate surface area is 82.2 Å². The first kappa shape index (κ1) is 8.57. The van der Waals surface area contributed by atoms with Crippen LogP contribution in [0.1, 0.15) is 18.5 Å². The summed E-state index contributed by atoms with van der Waals surface area (Å²) in [6, 6.07) is 7.84. The van der Waals surface area contributed by atoms with E-state index in [4.69, 9.17) is 16.3 Å². The van der Waals surface area contributed by atoms with Gasteiger partial charge in [-0.3, -0.25) is 0 Å². The normalized spacial score (nSPS) is 19.5. The molecule has 0 fully saturated rings. The van der Waals surface area contributed by atoms with Crippen molar-refractivity contribution in [3.05, 3.63) is 34.9 Å². The fourth-order valence-corrected chi connectivity index (χ4v) is 1.34. The van der Waals surface area contributed by atoms with E-state index in [1.54, 1.807) is 0 Å². The van der Waals surface area contributed by atoms with Gasteiger partial charge in [-0.25, -0.2) is 4.99 Å². The van der Waals surface area contributed by atoms with Gasteiger partial charge in [0.15, 0.2) is 6.04 Å². The molecule has 0 saturated heterocycles. The number of halogens is 1. The van der Waals surface area contributed by atoms with Gasteiger partial charge in [0, 0.05) is 5.02 Å². The van der Waals surface area contributed by atoms with Gasteiger partial charge in [-0.2, -0.15) is 0 Å². The first-order chi connectivity index (χ1) is 6.31. The summed E-state index contributed by atoms with van der Waals surface area (Å²) in [5.41, 5.74) is 1.15. The Morgan fingerprint density at radius 3 is 2.69 bits per heavy atom. The van der Waals surface area contributed by atoms with E-state index in [1.807, 2.05) is 31.2 Å². The second kappa shape index (κ2) is 3.38. The van der Waals surface area contributed by atoms with Crippen molar-refractivity contribution in [1.29, 1.82) is 0 Å². The highest BCUT2D eigenvalue weighted by molar-refractivity contribution is 6.30. The molecular weight excluding hydrogens is 186 g/mol. The van der Waals surface area contributed by atoms with Gasteiger partial charge in [0.25, 0.3) is 0 Å². The Morgan fingerprint density at radius 2 is 2.08 bits per heavy atom. The number of ether oxygens (including phenoxy) is 1. The molecule has 1 unspecified atom stereocenters. The van der Waals surface area contributed by atoms with Gasteiger partial charge >= 0.3 is 0 Å². The smallest absolute Gasteiger partial charge is 0.214 e. The van der Waals surface area contributed by atoms with Gasteiger partial charge in [-0.1, -0.05) is 23.7 Å². The number of rotatable bonds is 2. The molecule has 0 bridgehead atoms. The topological polar surface area (TPSA) is 21.6 Å². The van der Waals surface area contributed by atoms with Crippen molar-refractivity contribution in [1.82, 2.24) is 0 Å². The number of hydrogen-bond donors (Lipinski definition) is 0. The van der Waals surface area contributed by atoms with E-state index in [2.05, 4.69) is 4.99 Å². The van der Waals surface area contributed by atoms with Crippen LogP contribution in [0.15, 0.2) is 29.3 Å². The summed E-state index contributed by atoms with van der Waals surface area (Å²) in [5.74, 6) is 0.838. The third-order valence-electron chi connectivity index (χ3n) is 1.90. The van der Waals surface area contributed by atoms with Gasteiger partial charge in [0.2, 0.25) is 5.90 Å². The molecule has 1 aliphatic heterocycles. The average Bonchev–Trinajstić information content (AvgIpc) is 2.86. The zero-order chi connectivity index (χ0) is 9.26. The Kier molecular flexibility index (Phi) is 2.23. The quantitative estimate of drug-likeness (QED) is 0.711. The minimum Gasteiger partial charge on any atom is -0.479 e. The van der Waals surface area contributed by atoms with Crippen LogP contribution in [0.3, 0.4) is 0 Å². The molecule has 68 valence electrons. The fourth-order valence-electron chi connectivity index (χ4n) is 1.22. The van der Waals surface area contributed by atoms with Crippen LogP contribution in [0, 0.1) is 0 Å². The van der Waals surface area contributed by atoms with Crippen molar-refractivity contribution in [2.75, 3.05) is 6.61 Å². The summed E-state index contributed by atoms with van der Waals surface area (Å²) in [7, 11) is 0. The Bertz CT molecular complexity index is 331. The van der Waals surface area contributed by atoms with Crippen molar-refractivity contribution in [3.63, 3.8) is 0 Å². The third-order valence-corrected chi connectivity index (χ3v) is 2.15. The van der Waals surface area contributed by atoms with E-state index in [1.165, 1.54) is 0 Å². The average molecular weight is 196 g/mol. The zero-order valence-electron chi connectivity index (χ0n) is 7.33. The van der Waals surface area contributed by atoms with E-state index in [0.29, 0.717) is 6.61 Å². The monoisotopic (exact) mass is 195 g/mol. The van der Waals surface area contributed by atoms with Gasteiger partial charge in [0.1, 0.15) is 0 Å². The van der Waals surface area contributed by atoms with Crippen molar-refractivity contribution < 1.29 is 4.74 Å². The molecule has 2 nitrogen and oxygen atoms in total. The van der Waals surface area contributed by atoms with Gasteiger partial charge in [-0.05, 0) is 24.6 Å². The maximum atomic E-state index is 5.77. The molecule has 1 aliphatic rings. The lowest BCUT2D eigenvalue weighted by Crippen LogP contribution is -1.96. The Balaban J connectivity index is 2.01. The molecule has 0 amide bonds. The summed E-state index contributed by atoms with van der Waals surface area (Å²) in [4.78, 5) is 4.20. The molecule has 1 aromatic rings. The van der Waals surface area contributed by atoms with Crippen LogP contribution in [-0.2, 0) is 4.74 Å². The molecule has 0 spiro atoms. The highest BCUT2D eigenvalue weighted by Crippen LogP contribution is 2.31. The van der Waals surface area contributed by atoms with Crippen LogP contribution in [0.25, 0.3) is 0 Å². The highest BCUT2D eigenvalue weighted by atomic mass is 35.5. The predicted octanol–water partition coefficient (Wildman–Crippen LogP) is 2.83. The first-order valence-electron chi connectivity index (χ1n) is 4.27. The SMILES string of the molecule is CCOC1=NC1c1ccc(Cl)cc1. The van der Waals surface area contributed by atoms with Crippen molar-refractivity contribution in [2.24, 2.45) is 4.99 Å². The molecule has 0 radical (unpaired) electrons. The third kappa shape index (κ3) is 1.83. The number of aliphatic imine (C=N–C) groups is 1. The summed E-state index contributed by atoms with van der Waals surface area (Å²) >= 11 is 5.77. The molecule has 0 saturated carbocycles. The Hall–Kier alpha value is -1.02. The van der Waals surface area contributed by atoms with Crippen LogP contribution in [-0.4, -0.2) is 12.5 Å². The zero-order valence-corrected chi connectivity index (χ0v) is 8.08. The van der Waals surface area contributed by atoms with E-state index in [-0.39, 0.29) is 6.04 Å². The molecule has 1 atom stereocenters. The van der Waals surface area contributed by atoms with Crippen LogP contribution in [0.4, 0.5) is 0 Å². The second-order valence-electron chi connectivity index (χ2n) is 2.85. The standard InChI is InChI=1S/C10H10ClNO/c1-2-13-10-9(12-10)7-3-5-8(11)6-4-7/h3-6,9H,2H2,1H3. The lowest BCUT2D eigenvalue weighted by molar-refractivity contribution is 0.333. The maximum Gasteiger partial charge on any atom is 0.214 e. The molecule has 13 heavy (non-hydrogen) atoms. The fraction of sp³-hybridized carbons (Fsp3) is 0.300. The maximum absolute atomic E-state index is 5.77. The number of hydrogen-bond acceptors (Lipinski definition) is 2. The summed E-state index contributed by atoms with van der Waals surface area (Å²) in [6.07, 6.45) is 0. The Morgan fingerprint density at radius 1 is 1.38 bits per heavy atom. The van der Waals surface area contributed by atoms with E-state index in [9.17, 15) is 0 Å². The van der Waals surface area contributed by atoms with Gasteiger partial charge < -0.3 is 4.74 Å². The summed E-state index contributed by atoms with van der Waals surface area (Å²) in [5, 5.41) is 0.752. The number of benzene rings is 1. The second-order valence-corrected chi connectivity index (χ2v) is 3.29. The lowest BCUT2D eigenvalue weighted by Gasteiger charge is -1.98. The molecule has 2 rings (SSSR count). The molecule has 3 heteroatoms. The van der Waals surface area contributed by atoms with Crippen molar-refractivity contribution in [2.45, 2.75) is 13.0 Å². The number of nitrogens with zero attached hydrogens (tertiary/aromatic N) is 1. The van der Waals surface area contributed by atoms with Gasteiger partial charge in [0.05, 0.1) is 6.61 Å². The minimum atomic E-state index is 0.150. The van der Waals surface area contributed by atoms with Crippen molar-refractivity contribution in [3.8, 4) is 0 Å². The molecule has 0 aromatic heterocycles. The van der Waals surface area contributed by atoms with Crippen molar-refractivity contribution >= 4 is 17.5 Å². The summed E-state index contributed by atoms with van der Waals surface area (Å²) < 4.78 is 5.27. The molecule has 1 heterocycles. The van der Waals surface area contributed by atoms with Crippen LogP contribution < -0.4 is 0 Å². The molecule has 0 aliphatic carbocycles. The lowest BCUT2D eigenvalue weighted by atomic mass is 10.1. The predicted molar refractivity (Wildman–Crippen MR) is 53.3 cm³/mol. The molecule has 1 aromatic carbocycles. The van der Waals surface area contributed by atoms with E-state index >= 15 is 0 Å². The highest BCUT2D eigenvalue weighted by Gasteiger charge is 2.30. The van der Waals surface area contributed by atoms with Gasteiger partial charge in [-0.15, -0.1) is 0 Å².